The molecule has 0 rings (SSSR count). The molecular weight excluding hydrogens is 130 g/mol. The van der Waals surface area contributed by atoms with E-state index in [1.54, 1.807) is 0 Å². The first-order chi connectivity index (χ1) is 4.88. The van der Waals surface area contributed by atoms with Gasteiger partial charge < -0.3 is 0 Å². The zero-order valence-electron chi connectivity index (χ0n) is 9.07. The van der Waals surface area contributed by atoms with E-state index in [0.717, 1.165) is 11.7 Å². The van der Waals surface area contributed by atoms with Gasteiger partial charge in [-0.25, -0.2) is 0 Å². The molecule has 0 saturated carbocycles. The SMILES string of the molecule is BBC(CC(C)C)C(C)(C)C. The van der Waals surface area contributed by atoms with Gasteiger partial charge in [-0.1, -0.05) is 46.9 Å². The fourth-order valence-corrected chi connectivity index (χ4v) is 1.70. The quantitative estimate of drug-likeness (QED) is 0.541. The van der Waals surface area contributed by atoms with E-state index in [2.05, 4.69) is 42.4 Å². The molecule has 64 valence electrons. The van der Waals surface area contributed by atoms with Gasteiger partial charge in [0.25, 0.3) is 0 Å². The van der Waals surface area contributed by atoms with Gasteiger partial charge in [-0.3, -0.25) is 0 Å². The van der Waals surface area contributed by atoms with Gasteiger partial charge >= 0.3 is 0 Å². The average molecular weight is 152 g/mol. The summed E-state index contributed by atoms with van der Waals surface area (Å²) in [5, 5.41) is 0. The van der Waals surface area contributed by atoms with Crippen LogP contribution in [0.4, 0.5) is 0 Å². The fourth-order valence-electron chi connectivity index (χ4n) is 1.70. The number of hydrogen-bond acceptors (Lipinski definition) is 0. The van der Waals surface area contributed by atoms with Crippen molar-refractivity contribution >= 4 is 14.9 Å². The molecule has 0 aromatic rings. The Balaban J connectivity index is 3.96. The first-order valence-electron chi connectivity index (χ1n) is 4.88. The molecule has 0 N–H and O–H groups in total. The minimum absolute atomic E-state index is 0.499. The normalized spacial score (nSPS) is 15.1. The predicted molar refractivity (Wildman–Crippen MR) is 58.4 cm³/mol. The Bertz CT molecular complexity index is 103. The molecule has 0 aliphatic carbocycles. The Hall–Kier alpha value is 0.130. The molecule has 0 spiro atoms. The lowest BCUT2D eigenvalue weighted by molar-refractivity contribution is 0.338. The van der Waals surface area contributed by atoms with Crippen molar-refractivity contribution in [1.82, 2.24) is 0 Å². The molecule has 0 aromatic carbocycles. The topological polar surface area (TPSA) is 0 Å². The van der Waals surface area contributed by atoms with Crippen LogP contribution in [0, 0.1) is 11.3 Å². The third-order valence-electron chi connectivity index (χ3n) is 2.47. The largest absolute Gasteiger partial charge is 0.0867 e. The van der Waals surface area contributed by atoms with E-state index in [9.17, 15) is 0 Å². The highest BCUT2D eigenvalue weighted by Gasteiger charge is 2.23. The maximum Gasteiger partial charge on any atom is 0.0867 e. The van der Waals surface area contributed by atoms with Gasteiger partial charge in [0.1, 0.15) is 0 Å². The molecule has 1 atom stereocenters. The Kier molecular flexibility index (Phi) is 4.28. The van der Waals surface area contributed by atoms with Crippen LogP contribution in [-0.4, -0.2) is 14.9 Å². The van der Waals surface area contributed by atoms with Crippen LogP contribution in [0.15, 0.2) is 0 Å². The lowest BCUT2D eigenvalue weighted by atomic mass is 9.41. The van der Waals surface area contributed by atoms with Crippen molar-refractivity contribution in [2.45, 2.75) is 46.9 Å². The molecule has 0 nitrogen and oxygen atoms in total. The monoisotopic (exact) mass is 152 g/mol. The predicted octanol–water partition coefficient (Wildman–Crippen LogP) is 1.85. The second kappa shape index (κ2) is 4.23. The van der Waals surface area contributed by atoms with Crippen molar-refractivity contribution in [3.05, 3.63) is 0 Å². The van der Waals surface area contributed by atoms with E-state index < -0.39 is 0 Å². The molecule has 0 aliphatic rings. The lowest BCUT2D eigenvalue weighted by Gasteiger charge is -2.31. The zero-order valence-corrected chi connectivity index (χ0v) is 9.07. The third-order valence-corrected chi connectivity index (χ3v) is 2.47. The number of hydrogen-bond donors (Lipinski definition) is 0. The van der Waals surface area contributed by atoms with Crippen molar-refractivity contribution in [1.29, 1.82) is 0 Å². The average Bonchev–Trinajstić information content (AvgIpc) is 1.79. The van der Waals surface area contributed by atoms with Gasteiger partial charge in [0.2, 0.25) is 0 Å². The summed E-state index contributed by atoms with van der Waals surface area (Å²) in [5.74, 6) is 1.74. The maximum atomic E-state index is 2.35. The van der Waals surface area contributed by atoms with Crippen molar-refractivity contribution in [3.8, 4) is 0 Å². The molecule has 0 amide bonds. The van der Waals surface area contributed by atoms with Crippen molar-refractivity contribution < 1.29 is 0 Å². The summed E-state index contributed by atoms with van der Waals surface area (Å²) < 4.78 is 0. The van der Waals surface area contributed by atoms with E-state index in [0.29, 0.717) is 5.41 Å². The van der Waals surface area contributed by atoms with Crippen LogP contribution in [0.1, 0.15) is 41.0 Å². The smallest absolute Gasteiger partial charge is 0.0687 e. The summed E-state index contributed by atoms with van der Waals surface area (Å²) >= 11 is 0. The molecule has 0 heterocycles. The van der Waals surface area contributed by atoms with Crippen LogP contribution in [0.2, 0.25) is 5.82 Å². The standard InChI is InChI=1S/C9H22B2/c1-7(2)6-8(11-10)9(3,4)5/h7-8,11H,6,10H2,1-5H3. The molecule has 0 fully saturated rings. The molecule has 0 radical (unpaired) electrons. The first kappa shape index (κ1) is 11.1. The van der Waals surface area contributed by atoms with Crippen LogP contribution in [-0.2, 0) is 0 Å². The highest BCUT2D eigenvalue weighted by Crippen LogP contribution is 2.34. The van der Waals surface area contributed by atoms with Gasteiger partial charge in [-0.2, -0.15) is 0 Å². The van der Waals surface area contributed by atoms with Crippen LogP contribution >= 0.6 is 0 Å². The molecular formula is C9H22B2. The third kappa shape index (κ3) is 4.55. The molecule has 0 aromatic heterocycles. The van der Waals surface area contributed by atoms with E-state index in [-0.39, 0.29) is 0 Å². The molecule has 0 saturated heterocycles. The summed E-state index contributed by atoms with van der Waals surface area (Å²) in [4.78, 5) is 0. The second-order valence-corrected chi connectivity index (χ2v) is 5.10. The minimum Gasteiger partial charge on any atom is -0.0687 e. The highest BCUT2D eigenvalue weighted by molar-refractivity contribution is 6.90. The Morgan fingerprint density at radius 3 is 1.82 bits per heavy atom. The van der Waals surface area contributed by atoms with Gasteiger partial charge in [-0.15, -0.1) is 0 Å². The summed E-state index contributed by atoms with van der Waals surface area (Å²) in [5.41, 5.74) is 0.499. The van der Waals surface area contributed by atoms with Crippen LogP contribution < -0.4 is 0 Å². The second-order valence-electron chi connectivity index (χ2n) is 5.10. The molecule has 1 unspecified atom stereocenters. The summed E-state index contributed by atoms with van der Waals surface area (Å²) in [6, 6.07) is 0. The summed E-state index contributed by atoms with van der Waals surface area (Å²) in [7, 11) is 3.62. The van der Waals surface area contributed by atoms with Crippen LogP contribution in [0.25, 0.3) is 0 Å². The van der Waals surface area contributed by atoms with E-state index in [4.69, 9.17) is 0 Å². The molecule has 0 bridgehead atoms. The van der Waals surface area contributed by atoms with Crippen molar-refractivity contribution in [2.24, 2.45) is 11.3 Å². The van der Waals surface area contributed by atoms with Crippen LogP contribution in [0.5, 0.6) is 0 Å². The Morgan fingerprint density at radius 2 is 1.73 bits per heavy atom. The van der Waals surface area contributed by atoms with Gasteiger partial charge in [0.15, 0.2) is 0 Å². The molecule has 11 heavy (non-hydrogen) atoms. The van der Waals surface area contributed by atoms with E-state index >= 15 is 0 Å². The zero-order chi connectivity index (χ0) is 9.07. The number of rotatable bonds is 3. The van der Waals surface area contributed by atoms with E-state index in [1.165, 1.54) is 13.6 Å². The summed E-state index contributed by atoms with van der Waals surface area (Å²) in [6.45, 7) is 11.7. The molecule has 0 aliphatic heterocycles. The summed E-state index contributed by atoms with van der Waals surface area (Å²) in [6.07, 6.45) is 1.38. The Morgan fingerprint density at radius 1 is 1.27 bits per heavy atom. The minimum atomic E-state index is 0.499. The fraction of sp³-hybridized carbons (Fsp3) is 1.00. The van der Waals surface area contributed by atoms with Crippen molar-refractivity contribution in [2.75, 3.05) is 0 Å². The van der Waals surface area contributed by atoms with Gasteiger partial charge in [-0.05, 0) is 11.3 Å². The van der Waals surface area contributed by atoms with Crippen LogP contribution in [0.3, 0.4) is 0 Å². The van der Waals surface area contributed by atoms with Gasteiger partial charge in [0, 0.05) is 0 Å². The van der Waals surface area contributed by atoms with Gasteiger partial charge in [0.05, 0.1) is 14.9 Å². The molecule has 2 heteroatoms. The lowest BCUT2D eigenvalue weighted by Crippen LogP contribution is -2.22. The maximum absolute atomic E-state index is 2.35. The Labute approximate surface area is 73.8 Å². The first-order valence-corrected chi connectivity index (χ1v) is 4.88. The highest BCUT2D eigenvalue weighted by atomic mass is 14.2. The van der Waals surface area contributed by atoms with E-state index in [1.807, 2.05) is 0 Å². The van der Waals surface area contributed by atoms with Crippen molar-refractivity contribution in [3.63, 3.8) is 0 Å².